The van der Waals surface area contributed by atoms with Gasteiger partial charge in [-0.15, -0.1) is 0 Å². The van der Waals surface area contributed by atoms with Crippen molar-refractivity contribution in [1.82, 2.24) is 4.90 Å². The third-order valence-electron chi connectivity index (χ3n) is 1.83. The van der Waals surface area contributed by atoms with Gasteiger partial charge in [0.25, 0.3) is 0 Å². The van der Waals surface area contributed by atoms with Crippen LogP contribution in [0, 0.1) is 0 Å². The number of rotatable bonds is 8. The van der Waals surface area contributed by atoms with E-state index in [1.165, 1.54) is 13.8 Å². The molecule has 0 atom stereocenters. The fourth-order valence-corrected chi connectivity index (χ4v) is 0.760. The molecule has 0 aromatic heterocycles. The minimum Gasteiger partial charge on any atom is -0.550 e. The molecule has 0 aliphatic rings. The standard InChI is InChI=1S/C6H15NO3.2C3H6O2.Ti/c8-4-1-7(2-5-9)3-6-10;2*1-2-3(4)5;/h8-10H,1-6H2;2*2H2,1H3,(H,4,5);/q;;;+2/p-2. The minimum absolute atomic E-state index is 0. The van der Waals surface area contributed by atoms with Gasteiger partial charge in [0, 0.05) is 31.6 Å². The summed E-state index contributed by atoms with van der Waals surface area (Å²) in [5, 5.41) is 44.0. The molecule has 21 heavy (non-hydrogen) atoms. The molecule has 0 rings (SSSR count). The third kappa shape index (κ3) is 38.2. The molecule has 0 aromatic rings. The largest absolute Gasteiger partial charge is 2.00 e. The SMILES string of the molecule is CCC(=O)[O-].CCC(=O)[O-].OCCN(CCO)CCO.[Ti+2]. The van der Waals surface area contributed by atoms with Crippen molar-refractivity contribution < 1.29 is 56.8 Å². The Labute approximate surface area is 140 Å². The number of carbonyl (C=O) groups is 2. The Kier molecular flexibility index (Phi) is 33.4. The second-order valence-electron chi connectivity index (χ2n) is 3.46. The van der Waals surface area contributed by atoms with Crippen LogP contribution in [0.4, 0.5) is 0 Å². The van der Waals surface area contributed by atoms with Crippen molar-refractivity contribution in [2.75, 3.05) is 39.5 Å². The summed E-state index contributed by atoms with van der Waals surface area (Å²) in [6.07, 6.45) is 0.222. The van der Waals surface area contributed by atoms with Gasteiger partial charge in [-0.3, -0.25) is 4.90 Å². The Balaban J connectivity index is -0.000000112. The number of carboxylic acid groups (broad SMARTS) is 2. The van der Waals surface area contributed by atoms with Crippen molar-refractivity contribution in [1.29, 1.82) is 0 Å². The van der Waals surface area contributed by atoms with Crippen LogP contribution >= 0.6 is 0 Å². The molecule has 8 nitrogen and oxygen atoms in total. The van der Waals surface area contributed by atoms with Crippen molar-refractivity contribution >= 4 is 11.9 Å². The average molecular weight is 343 g/mol. The summed E-state index contributed by atoms with van der Waals surface area (Å²) in [7, 11) is 0. The van der Waals surface area contributed by atoms with Crippen molar-refractivity contribution in [3.63, 3.8) is 0 Å². The minimum atomic E-state index is -0.995. The zero-order valence-corrected chi connectivity index (χ0v) is 14.1. The first-order chi connectivity index (χ1) is 9.39. The Morgan fingerprint density at radius 2 is 1.00 bits per heavy atom. The summed E-state index contributed by atoms with van der Waals surface area (Å²) in [5.41, 5.74) is 0. The van der Waals surface area contributed by atoms with Gasteiger partial charge in [0.1, 0.15) is 0 Å². The first-order valence-corrected chi connectivity index (χ1v) is 6.34. The number of aliphatic carboxylic acids is 2. The summed E-state index contributed by atoms with van der Waals surface area (Å²) in [4.78, 5) is 20.3. The van der Waals surface area contributed by atoms with Crippen molar-refractivity contribution in [3.8, 4) is 0 Å². The first kappa shape index (κ1) is 28.6. The predicted molar refractivity (Wildman–Crippen MR) is 68.3 cm³/mol. The molecule has 9 heteroatoms. The Hall–Kier alpha value is -0.506. The van der Waals surface area contributed by atoms with Gasteiger partial charge in [-0.2, -0.15) is 0 Å². The van der Waals surface area contributed by atoms with E-state index in [1.807, 2.05) is 0 Å². The molecule has 0 spiro atoms. The Morgan fingerprint density at radius 3 is 1.10 bits per heavy atom. The van der Waals surface area contributed by atoms with E-state index < -0.39 is 11.9 Å². The van der Waals surface area contributed by atoms with Crippen molar-refractivity contribution in [2.24, 2.45) is 0 Å². The molecule has 0 aliphatic heterocycles. The summed E-state index contributed by atoms with van der Waals surface area (Å²) in [6, 6.07) is 0. The van der Waals surface area contributed by atoms with Crippen molar-refractivity contribution in [2.45, 2.75) is 26.7 Å². The van der Waals surface area contributed by atoms with Gasteiger partial charge in [-0.05, 0) is 12.8 Å². The molecular weight excluding hydrogens is 318 g/mol. The fourth-order valence-electron chi connectivity index (χ4n) is 0.760. The van der Waals surface area contributed by atoms with E-state index in [0.717, 1.165) is 0 Å². The topological polar surface area (TPSA) is 144 Å². The maximum absolute atomic E-state index is 9.26. The normalized spacial score (nSPS) is 8.67. The van der Waals surface area contributed by atoms with Gasteiger partial charge >= 0.3 is 21.7 Å². The number of carbonyl (C=O) groups excluding carboxylic acids is 2. The Bertz CT molecular complexity index is 201. The summed E-state index contributed by atoms with van der Waals surface area (Å²) >= 11 is 0. The quantitative estimate of drug-likeness (QED) is 0.386. The fraction of sp³-hybridized carbons (Fsp3) is 0.833. The number of aliphatic hydroxyl groups is 3. The molecule has 0 saturated carbocycles. The average Bonchev–Trinajstić information content (AvgIpc) is 2.41. The molecule has 0 heterocycles. The smallest absolute Gasteiger partial charge is 0.550 e. The van der Waals surface area contributed by atoms with Crippen molar-refractivity contribution in [3.05, 3.63) is 0 Å². The predicted octanol–water partition coefficient (Wildman–Crippen LogP) is -3.44. The molecule has 0 aromatic carbocycles. The molecule has 0 saturated heterocycles. The van der Waals surface area contributed by atoms with Crippen LogP contribution in [0.15, 0.2) is 0 Å². The molecule has 0 radical (unpaired) electrons. The zero-order chi connectivity index (χ0) is 16.4. The van der Waals surface area contributed by atoms with Gasteiger partial charge < -0.3 is 35.1 Å². The van der Waals surface area contributed by atoms with Crippen LogP contribution in [0.2, 0.25) is 0 Å². The van der Waals surface area contributed by atoms with Crippen LogP contribution in [0.1, 0.15) is 26.7 Å². The van der Waals surface area contributed by atoms with Gasteiger partial charge in [0.15, 0.2) is 0 Å². The van der Waals surface area contributed by atoms with Gasteiger partial charge in [-0.25, -0.2) is 0 Å². The molecular formula is C12H25NO7Ti. The van der Waals surface area contributed by atoms with E-state index in [9.17, 15) is 19.8 Å². The van der Waals surface area contributed by atoms with E-state index in [4.69, 9.17) is 15.3 Å². The van der Waals surface area contributed by atoms with Crippen LogP contribution in [-0.2, 0) is 31.3 Å². The second-order valence-corrected chi connectivity index (χ2v) is 3.46. The maximum Gasteiger partial charge on any atom is 2.00 e. The van der Waals surface area contributed by atoms with E-state index in [1.54, 1.807) is 4.90 Å². The molecule has 0 fully saturated rings. The molecule has 0 bridgehead atoms. The van der Waals surface area contributed by atoms with E-state index in [2.05, 4.69) is 0 Å². The van der Waals surface area contributed by atoms with Gasteiger partial charge in [0.2, 0.25) is 0 Å². The summed E-state index contributed by atoms with van der Waals surface area (Å²) in [5.74, 6) is -1.99. The van der Waals surface area contributed by atoms with Gasteiger partial charge in [0.05, 0.1) is 19.8 Å². The molecule has 0 unspecified atom stereocenters. The van der Waals surface area contributed by atoms with Crippen LogP contribution in [-0.4, -0.2) is 71.6 Å². The number of carboxylic acids is 2. The number of nitrogens with zero attached hydrogens (tertiary/aromatic N) is 1. The molecule has 3 N–H and O–H groups in total. The Morgan fingerprint density at radius 1 is 0.810 bits per heavy atom. The summed E-state index contributed by atoms with van der Waals surface area (Å²) < 4.78 is 0. The maximum atomic E-state index is 9.26. The third-order valence-corrected chi connectivity index (χ3v) is 1.83. The van der Waals surface area contributed by atoms with Gasteiger partial charge in [-0.1, -0.05) is 13.8 Å². The molecule has 124 valence electrons. The molecule has 0 aliphatic carbocycles. The van der Waals surface area contributed by atoms with Crippen LogP contribution < -0.4 is 10.2 Å². The molecule has 0 amide bonds. The van der Waals surface area contributed by atoms with Crippen LogP contribution in [0.5, 0.6) is 0 Å². The van der Waals surface area contributed by atoms with E-state index in [-0.39, 0.29) is 54.4 Å². The zero-order valence-electron chi connectivity index (χ0n) is 12.6. The summed E-state index contributed by atoms with van der Waals surface area (Å²) in [6.45, 7) is 4.83. The number of hydrogen-bond acceptors (Lipinski definition) is 8. The van der Waals surface area contributed by atoms with E-state index in [0.29, 0.717) is 19.6 Å². The number of hydrogen-bond donors (Lipinski definition) is 3. The second kappa shape index (κ2) is 24.5. The van der Waals surface area contributed by atoms with E-state index >= 15 is 0 Å². The number of aliphatic hydroxyl groups excluding tert-OH is 3. The van der Waals surface area contributed by atoms with Crippen LogP contribution in [0.3, 0.4) is 0 Å². The van der Waals surface area contributed by atoms with Crippen LogP contribution in [0.25, 0.3) is 0 Å². The first-order valence-electron chi connectivity index (χ1n) is 6.34. The monoisotopic (exact) mass is 343 g/mol.